The molecular formula is C14H17ClN4. The number of halogens is 1. The van der Waals surface area contributed by atoms with E-state index in [-0.39, 0.29) is 0 Å². The third kappa shape index (κ3) is 3.20. The van der Waals surface area contributed by atoms with E-state index in [0.717, 1.165) is 29.9 Å². The van der Waals surface area contributed by atoms with Crippen LogP contribution in [0, 0.1) is 0 Å². The van der Waals surface area contributed by atoms with Gasteiger partial charge in [0.2, 0.25) is 0 Å². The smallest absolute Gasteiger partial charge is 0.137 e. The normalized spacial score (nSPS) is 10.5. The van der Waals surface area contributed by atoms with Crippen molar-refractivity contribution in [3.8, 4) is 0 Å². The van der Waals surface area contributed by atoms with E-state index < -0.39 is 0 Å². The first-order valence-electron chi connectivity index (χ1n) is 6.42. The van der Waals surface area contributed by atoms with Crippen LogP contribution in [-0.4, -0.2) is 15.0 Å². The maximum absolute atomic E-state index is 6.06. The topological polar surface area (TPSA) is 50.7 Å². The van der Waals surface area contributed by atoms with Crippen molar-refractivity contribution in [3.05, 3.63) is 46.6 Å². The Morgan fingerprint density at radius 1 is 1.16 bits per heavy atom. The van der Waals surface area contributed by atoms with E-state index in [1.165, 1.54) is 11.9 Å². The van der Waals surface area contributed by atoms with Gasteiger partial charge in [-0.15, -0.1) is 0 Å². The van der Waals surface area contributed by atoms with E-state index in [1.807, 2.05) is 19.2 Å². The quantitative estimate of drug-likeness (QED) is 0.852. The third-order valence-electron chi connectivity index (χ3n) is 3.04. The summed E-state index contributed by atoms with van der Waals surface area (Å²) in [6.45, 7) is 4.80. The number of rotatable bonds is 5. The molecule has 1 N–H and O–H groups in total. The van der Waals surface area contributed by atoms with Crippen molar-refractivity contribution in [2.75, 3.05) is 5.32 Å². The molecule has 19 heavy (non-hydrogen) atoms. The van der Waals surface area contributed by atoms with Crippen LogP contribution in [0.15, 0.2) is 24.7 Å². The lowest BCUT2D eigenvalue weighted by atomic mass is 10.1. The average Bonchev–Trinajstić information content (AvgIpc) is 2.45. The minimum Gasteiger partial charge on any atom is -0.364 e. The van der Waals surface area contributed by atoms with Crippen LogP contribution in [-0.2, 0) is 19.4 Å². The van der Waals surface area contributed by atoms with E-state index >= 15 is 0 Å². The molecule has 0 saturated heterocycles. The number of pyridine rings is 1. The highest BCUT2D eigenvalue weighted by molar-refractivity contribution is 6.30. The summed E-state index contributed by atoms with van der Waals surface area (Å²) in [5.41, 5.74) is 3.23. The lowest BCUT2D eigenvalue weighted by Gasteiger charge is -2.11. The van der Waals surface area contributed by atoms with E-state index in [9.17, 15) is 0 Å². The zero-order valence-electron chi connectivity index (χ0n) is 11.2. The summed E-state index contributed by atoms with van der Waals surface area (Å²) in [6.07, 6.45) is 5.05. The first-order chi connectivity index (χ1) is 9.26. The fourth-order valence-electron chi connectivity index (χ4n) is 1.98. The Hall–Kier alpha value is -1.68. The van der Waals surface area contributed by atoms with Crippen LogP contribution in [0.2, 0.25) is 5.15 Å². The lowest BCUT2D eigenvalue weighted by Crippen LogP contribution is -2.08. The van der Waals surface area contributed by atoms with Gasteiger partial charge in [0.1, 0.15) is 17.3 Å². The molecular weight excluding hydrogens is 260 g/mol. The number of hydrogen-bond donors (Lipinski definition) is 1. The highest BCUT2D eigenvalue weighted by Crippen LogP contribution is 2.20. The van der Waals surface area contributed by atoms with Crippen molar-refractivity contribution in [1.29, 1.82) is 0 Å². The molecule has 4 nitrogen and oxygen atoms in total. The maximum atomic E-state index is 6.06. The predicted molar refractivity (Wildman–Crippen MR) is 77.4 cm³/mol. The van der Waals surface area contributed by atoms with E-state index in [0.29, 0.717) is 11.7 Å². The molecule has 0 atom stereocenters. The van der Waals surface area contributed by atoms with Gasteiger partial charge in [-0.05, 0) is 24.5 Å². The highest BCUT2D eigenvalue weighted by Gasteiger charge is 2.08. The summed E-state index contributed by atoms with van der Waals surface area (Å²) in [5, 5.41) is 3.81. The first-order valence-corrected chi connectivity index (χ1v) is 6.80. The molecule has 0 fully saturated rings. The van der Waals surface area contributed by atoms with Crippen LogP contribution in [0.4, 0.5) is 5.82 Å². The molecule has 0 radical (unpaired) electrons. The molecule has 2 aromatic rings. The van der Waals surface area contributed by atoms with Gasteiger partial charge >= 0.3 is 0 Å². The number of nitrogens with zero attached hydrogens (tertiary/aromatic N) is 3. The molecule has 0 bridgehead atoms. The third-order valence-corrected chi connectivity index (χ3v) is 3.36. The van der Waals surface area contributed by atoms with E-state index in [1.54, 1.807) is 0 Å². The van der Waals surface area contributed by atoms with Gasteiger partial charge in [0.15, 0.2) is 0 Å². The van der Waals surface area contributed by atoms with Crippen molar-refractivity contribution in [2.45, 2.75) is 33.2 Å². The van der Waals surface area contributed by atoms with Crippen molar-refractivity contribution < 1.29 is 0 Å². The number of aryl methyl sites for hydroxylation is 1. The molecule has 2 aromatic heterocycles. The standard InChI is InChI=1S/C14H17ClN4/c1-3-10-6-5-7-16-12(10)8-17-14-11(4-2)13(15)18-9-19-14/h5-7,9H,3-4,8H2,1-2H3,(H,17,18,19). The minimum atomic E-state index is 0.511. The zero-order chi connectivity index (χ0) is 13.7. The van der Waals surface area contributed by atoms with Crippen molar-refractivity contribution in [1.82, 2.24) is 15.0 Å². The molecule has 0 unspecified atom stereocenters. The molecule has 100 valence electrons. The molecule has 0 aliphatic heterocycles. The Morgan fingerprint density at radius 2 is 2.00 bits per heavy atom. The average molecular weight is 277 g/mol. The summed E-state index contributed by atoms with van der Waals surface area (Å²) >= 11 is 6.06. The summed E-state index contributed by atoms with van der Waals surface area (Å²) in [5.74, 6) is 0.787. The molecule has 0 saturated carbocycles. The summed E-state index contributed by atoms with van der Waals surface area (Å²) in [6, 6.07) is 4.05. The van der Waals surface area contributed by atoms with Crippen LogP contribution < -0.4 is 5.32 Å². The van der Waals surface area contributed by atoms with Gasteiger partial charge in [-0.1, -0.05) is 31.5 Å². The number of hydrogen-bond acceptors (Lipinski definition) is 4. The Morgan fingerprint density at radius 3 is 2.74 bits per heavy atom. The second kappa shape index (κ2) is 6.48. The fourth-order valence-corrected chi connectivity index (χ4v) is 2.24. The van der Waals surface area contributed by atoms with Gasteiger partial charge in [0, 0.05) is 11.8 Å². The Labute approximate surface area is 118 Å². The molecule has 0 amide bonds. The number of nitrogens with one attached hydrogen (secondary N) is 1. The van der Waals surface area contributed by atoms with E-state index in [4.69, 9.17) is 11.6 Å². The van der Waals surface area contributed by atoms with Gasteiger partial charge in [-0.3, -0.25) is 4.98 Å². The zero-order valence-corrected chi connectivity index (χ0v) is 11.9. The molecule has 2 rings (SSSR count). The van der Waals surface area contributed by atoms with Crippen LogP contribution in [0.25, 0.3) is 0 Å². The molecule has 0 spiro atoms. The van der Waals surface area contributed by atoms with E-state index in [2.05, 4.69) is 33.3 Å². The van der Waals surface area contributed by atoms with Gasteiger partial charge < -0.3 is 5.32 Å². The number of anilines is 1. The summed E-state index contributed by atoms with van der Waals surface area (Å²) in [4.78, 5) is 12.6. The largest absolute Gasteiger partial charge is 0.364 e. The van der Waals surface area contributed by atoms with Crippen molar-refractivity contribution in [3.63, 3.8) is 0 Å². The molecule has 2 heterocycles. The monoisotopic (exact) mass is 276 g/mol. The van der Waals surface area contributed by atoms with Crippen LogP contribution in [0.5, 0.6) is 0 Å². The van der Waals surface area contributed by atoms with Gasteiger partial charge in [0.25, 0.3) is 0 Å². The predicted octanol–water partition coefficient (Wildman–Crippen LogP) is 3.26. The van der Waals surface area contributed by atoms with Crippen LogP contribution in [0.3, 0.4) is 0 Å². The summed E-state index contributed by atoms with van der Waals surface area (Å²) < 4.78 is 0. The molecule has 5 heteroatoms. The fraction of sp³-hybridized carbons (Fsp3) is 0.357. The number of aromatic nitrogens is 3. The minimum absolute atomic E-state index is 0.511. The van der Waals surface area contributed by atoms with Gasteiger partial charge in [0.05, 0.1) is 12.2 Å². The SMILES string of the molecule is CCc1cccnc1CNc1ncnc(Cl)c1CC. The van der Waals surface area contributed by atoms with Crippen LogP contribution in [0.1, 0.15) is 30.7 Å². The Bertz CT molecular complexity index is 557. The Balaban J connectivity index is 2.17. The Kier molecular flexibility index (Phi) is 4.68. The van der Waals surface area contributed by atoms with Crippen LogP contribution >= 0.6 is 11.6 Å². The lowest BCUT2D eigenvalue weighted by molar-refractivity contribution is 0.948. The van der Waals surface area contributed by atoms with Gasteiger partial charge in [-0.2, -0.15) is 0 Å². The summed E-state index contributed by atoms with van der Waals surface area (Å²) in [7, 11) is 0. The van der Waals surface area contributed by atoms with Crippen molar-refractivity contribution >= 4 is 17.4 Å². The maximum Gasteiger partial charge on any atom is 0.137 e. The van der Waals surface area contributed by atoms with Gasteiger partial charge in [-0.25, -0.2) is 9.97 Å². The van der Waals surface area contributed by atoms with Crippen molar-refractivity contribution in [2.24, 2.45) is 0 Å². The molecule has 0 aliphatic rings. The second-order valence-electron chi connectivity index (χ2n) is 4.16. The second-order valence-corrected chi connectivity index (χ2v) is 4.52. The molecule has 0 aliphatic carbocycles. The highest BCUT2D eigenvalue weighted by atomic mass is 35.5. The molecule has 0 aromatic carbocycles. The first kappa shape index (κ1) is 13.7.